The Morgan fingerprint density at radius 2 is 2.06 bits per heavy atom. The van der Waals surface area contributed by atoms with Crippen LogP contribution in [0.4, 0.5) is 4.79 Å². The average Bonchev–Trinajstić information content (AvgIpc) is 2.23. The Morgan fingerprint density at radius 1 is 1.44 bits per heavy atom. The molecule has 16 heavy (non-hydrogen) atoms. The van der Waals surface area contributed by atoms with Crippen molar-refractivity contribution in [2.45, 2.75) is 20.3 Å². The van der Waals surface area contributed by atoms with E-state index < -0.39 is 23.8 Å². The van der Waals surface area contributed by atoms with Gasteiger partial charge in [-0.2, -0.15) is 0 Å². The van der Waals surface area contributed by atoms with Crippen LogP contribution in [0.3, 0.4) is 0 Å². The second-order valence-electron chi connectivity index (χ2n) is 3.63. The number of barbiturate groups is 1. The van der Waals surface area contributed by atoms with Crippen LogP contribution in [0.25, 0.3) is 0 Å². The summed E-state index contributed by atoms with van der Waals surface area (Å²) in [4.78, 5) is 35.3. The van der Waals surface area contributed by atoms with Gasteiger partial charge < -0.3 is 0 Å². The summed E-state index contributed by atoms with van der Waals surface area (Å²) in [7, 11) is 1.34. The van der Waals surface area contributed by atoms with Crippen molar-refractivity contribution in [2.75, 3.05) is 7.05 Å². The molecule has 1 unspecified atom stereocenters. The molecule has 0 aromatic rings. The molecule has 1 fully saturated rings. The van der Waals surface area contributed by atoms with Gasteiger partial charge in [0, 0.05) is 19.4 Å². The van der Waals surface area contributed by atoms with Gasteiger partial charge in [0.25, 0.3) is 0 Å². The van der Waals surface area contributed by atoms with Crippen molar-refractivity contribution < 1.29 is 14.4 Å². The van der Waals surface area contributed by atoms with Crippen molar-refractivity contribution in [1.82, 2.24) is 10.2 Å². The third-order valence-corrected chi connectivity index (χ3v) is 2.42. The van der Waals surface area contributed by atoms with Crippen molar-refractivity contribution in [3.63, 3.8) is 0 Å². The number of nitrogens with one attached hydrogen (secondary N) is 1. The molecule has 0 radical (unpaired) electrons. The first-order chi connectivity index (χ1) is 7.49. The quantitative estimate of drug-likeness (QED) is 0.514. The number of urea groups is 1. The summed E-state index contributed by atoms with van der Waals surface area (Å²) in [6.07, 6.45) is 0.668. The van der Waals surface area contributed by atoms with E-state index in [1.54, 1.807) is 6.92 Å². The van der Waals surface area contributed by atoms with E-state index in [-0.39, 0.29) is 5.92 Å². The zero-order valence-electron chi connectivity index (χ0n) is 9.53. The Hall–Kier alpha value is -1.83. The van der Waals surface area contributed by atoms with Crippen LogP contribution in [-0.4, -0.2) is 29.8 Å². The summed E-state index contributed by atoms with van der Waals surface area (Å²) >= 11 is 0. The smallest absolute Gasteiger partial charge is 0.277 e. The number of hydrogen-bond donors (Lipinski definition) is 1. The lowest BCUT2D eigenvalue weighted by Gasteiger charge is -2.28. The van der Waals surface area contributed by atoms with Gasteiger partial charge in [0.2, 0.25) is 11.8 Å². The molecule has 5 nitrogen and oxygen atoms in total. The predicted octanol–water partition coefficient (Wildman–Crippen LogP) is 0.360. The minimum atomic E-state index is -0.887. The van der Waals surface area contributed by atoms with Gasteiger partial charge in [0.1, 0.15) is 5.92 Å². The second kappa shape index (κ2) is 4.79. The minimum absolute atomic E-state index is 0.386. The van der Waals surface area contributed by atoms with Gasteiger partial charge in [-0.15, -0.1) is 5.92 Å². The molecular formula is C11H14N2O3. The SMILES string of the molecule is CCC#C[C@H](C)C1C(=O)NC(=O)N(C)C1=O. The summed E-state index contributed by atoms with van der Waals surface area (Å²) in [5.41, 5.74) is 0. The zero-order chi connectivity index (χ0) is 12.3. The standard InChI is InChI=1S/C11H14N2O3/c1-4-5-6-7(2)8-9(14)12-11(16)13(3)10(8)15/h7-8H,4H2,1-3H3,(H,12,14,16)/t7-,8?/m0/s1. The molecule has 0 aromatic heterocycles. The predicted molar refractivity (Wildman–Crippen MR) is 57.0 cm³/mol. The van der Waals surface area contributed by atoms with Gasteiger partial charge in [-0.25, -0.2) is 4.79 Å². The van der Waals surface area contributed by atoms with E-state index in [0.717, 1.165) is 4.90 Å². The highest BCUT2D eigenvalue weighted by Gasteiger charge is 2.41. The van der Waals surface area contributed by atoms with E-state index in [2.05, 4.69) is 17.2 Å². The molecule has 0 aliphatic carbocycles. The first-order valence-corrected chi connectivity index (χ1v) is 5.09. The first kappa shape index (κ1) is 12.2. The molecular weight excluding hydrogens is 208 g/mol. The van der Waals surface area contributed by atoms with E-state index in [9.17, 15) is 14.4 Å². The van der Waals surface area contributed by atoms with Gasteiger partial charge in [0.05, 0.1) is 0 Å². The first-order valence-electron chi connectivity index (χ1n) is 5.09. The number of amides is 4. The normalized spacial score (nSPS) is 22.3. The highest BCUT2D eigenvalue weighted by Crippen LogP contribution is 2.17. The van der Waals surface area contributed by atoms with Gasteiger partial charge in [-0.1, -0.05) is 19.8 Å². The molecule has 1 N–H and O–H groups in total. The number of carbonyl (C=O) groups excluding carboxylic acids is 3. The highest BCUT2D eigenvalue weighted by atomic mass is 16.2. The maximum absolute atomic E-state index is 11.7. The Kier molecular flexibility index (Phi) is 3.67. The molecule has 86 valence electrons. The molecule has 4 amide bonds. The fraction of sp³-hybridized carbons (Fsp3) is 0.545. The average molecular weight is 222 g/mol. The van der Waals surface area contributed by atoms with Crippen molar-refractivity contribution in [3.05, 3.63) is 0 Å². The van der Waals surface area contributed by atoms with Gasteiger partial charge >= 0.3 is 6.03 Å². The van der Waals surface area contributed by atoms with Crippen LogP contribution in [0.15, 0.2) is 0 Å². The number of imide groups is 2. The van der Waals surface area contributed by atoms with E-state index in [1.165, 1.54) is 7.05 Å². The minimum Gasteiger partial charge on any atom is -0.277 e. The Morgan fingerprint density at radius 3 is 2.62 bits per heavy atom. The molecule has 1 rings (SSSR count). The van der Waals surface area contributed by atoms with Crippen LogP contribution in [0.2, 0.25) is 0 Å². The van der Waals surface area contributed by atoms with Crippen LogP contribution in [0, 0.1) is 23.7 Å². The zero-order valence-corrected chi connectivity index (χ0v) is 9.53. The third kappa shape index (κ3) is 2.22. The number of rotatable bonds is 1. The van der Waals surface area contributed by atoms with Crippen LogP contribution in [0.1, 0.15) is 20.3 Å². The van der Waals surface area contributed by atoms with Gasteiger partial charge in [-0.3, -0.25) is 19.8 Å². The summed E-state index contributed by atoms with van der Waals surface area (Å²) < 4.78 is 0. The number of nitrogens with zero attached hydrogens (tertiary/aromatic N) is 1. The summed E-state index contributed by atoms with van der Waals surface area (Å²) in [5, 5.41) is 2.13. The highest BCUT2D eigenvalue weighted by molar-refractivity contribution is 6.16. The monoisotopic (exact) mass is 222 g/mol. The van der Waals surface area contributed by atoms with Crippen molar-refractivity contribution >= 4 is 17.8 Å². The topological polar surface area (TPSA) is 66.5 Å². The maximum Gasteiger partial charge on any atom is 0.330 e. The van der Waals surface area contributed by atoms with Crippen LogP contribution < -0.4 is 5.32 Å². The summed E-state index contributed by atoms with van der Waals surface area (Å²) in [6.45, 7) is 3.59. The van der Waals surface area contributed by atoms with E-state index >= 15 is 0 Å². The largest absolute Gasteiger partial charge is 0.330 e. The molecule has 0 spiro atoms. The van der Waals surface area contributed by atoms with Crippen molar-refractivity contribution in [3.8, 4) is 11.8 Å². The van der Waals surface area contributed by atoms with Crippen LogP contribution >= 0.6 is 0 Å². The lowest BCUT2D eigenvalue weighted by atomic mass is 9.91. The van der Waals surface area contributed by atoms with Crippen LogP contribution in [0.5, 0.6) is 0 Å². The number of hydrogen-bond acceptors (Lipinski definition) is 3. The molecule has 1 aliphatic heterocycles. The molecule has 0 saturated carbocycles. The lowest BCUT2D eigenvalue weighted by molar-refractivity contribution is -0.142. The van der Waals surface area contributed by atoms with Gasteiger partial charge in [-0.05, 0) is 0 Å². The van der Waals surface area contributed by atoms with Gasteiger partial charge in [0.15, 0.2) is 0 Å². The maximum atomic E-state index is 11.7. The van der Waals surface area contributed by atoms with Crippen LogP contribution in [-0.2, 0) is 9.59 Å². The molecule has 1 heterocycles. The van der Waals surface area contributed by atoms with E-state index in [4.69, 9.17) is 0 Å². The number of carbonyl (C=O) groups is 3. The van der Waals surface area contributed by atoms with Crippen molar-refractivity contribution in [2.24, 2.45) is 11.8 Å². The van der Waals surface area contributed by atoms with Crippen molar-refractivity contribution in [1.29, 1.82) is 0 Å². The summed E-state index contributed by atoms with van der Waals surface area (Å²) in [6, 6.07) is -0.679. The fourth-order valence-corrected chi connectivity index (χ4v) is 1.48. The summed E-state index contributed by atoms with van der Waals surface area (Å²) in [5.74, 6) is 3.32. The molecule has 5 heteroatoms. The molecule has 1 saturated heterocycles. The molecule has 2 atom stereocenters. The van der Waals surface area contributed by atoms with E-state index in [0.29, 0.717) is 6.42 Å². The third-order valence-electron chi connectivity index (χ3n) is 2.42. The molecule has 0 aromatic carbocycles. The Balaban J connectivity index is 2.90. The van der Waals surface area contributed by atoms with E-state index in [1.807, 2.05) is 6.92 Å². The molecule has 1 aliphatic rings. The molecule has 0 bridgehead atoms. The second-order valence-corrected chi connectivity index (χ2v) is 3.63. The lowest BCUT2D eigenvalue weighted by Crippen LogP contribution is -2.57. The Labute approximate surface area is 94.2 Å². The fourth-order valence-electron chi connectivity index (χ4n) is 1.48. The Bertz CT molecular complexity index is 392.